The number of aromatic amines is 3. The van der Waals surface area contributed by atoms with Gasteiger partial charge in [-0.3, -0.25) is 57.5 Å². The highest BCUT2D eigenvalue weighted by atomic mass is 16.3. The first-order chi connectivity index (χ1) is 42.9. The quantitative estimate of drug-likeness (QED) is 0.0252. The van der Waals surface area contributed by atoms with E-state index in [1.807, 2.05) is 6.07 Å². The van der Waals surface area contributed by atoms with E-state index in [2.05, 4.69) is 73.1 Å². The number of benzene rings is 2. The van der Waals surface area contributed by atoms with Crippen molar-refractivity contribution in [2.45, 2.75) is 144 Å². The monoisotopic (exact) mass is 1230 g/mol. The zero-order valence-corrected chi connectivity index (χ0v) is 49.0. The van der Waals surface area contributed by atoms with Gasteiger partial charge in [0.1, 0.15) is 54.4 Å². The van der Waals surface area contributed by atoms with Gasteiger partial charge in [-0.05, 0) is 87.6 Å². The lowest BCUT2D eigenvalue weighted by Crippen LogP contribution is -2.61. The van der Waals surface area contributed by atoms with E-state index in [0.717, 1.165) is 0 Å². The van der Waals surface area contributed by atoms with Crippen molar-refractivity contribution in [1.29, 1.82) is 0 Å². The van der Waals surface area contributed by atoms with Crippen molar-refractivity contribution in [3.05, 3.63) is 90.3 Å². The van der Waals surface area contributed by atoms with Crippen LogP contribution in [0.4, 0.5) is 0 Å². The lowest BCUT2D eigenvalue weighted by molar-refractivity contribution is -0.142. The van der Waals surface area contributed by atoms with E-state index < -0.39 is 139 Å². The number of carbonyl (C=O) groups is 12. The lowest BCUT2D eigenvalue weighted by Gasteiger charge is -2.30. The Hall–Kier alpha value is -9.71. The molecule has 6 heterocycles. The van der Waals surface area contributed by atoms with Crippen LogP contribution in [0.1, 0.15) is 87.4 Å². The number of aliphatic hydroxyl groups is 1. The summed E-state index contributed by atoms with van der Waals surface area (Å²) in [6, 6.07) is 2.10. The molecule has 89 heavy (non-hydrogen) atoms. The van der Waals surface area contributed by atoms with Gasteiger partial charge in [-0.1, -0.05) is 36.4 Å². The van der Waals surface area contributed by atoms with E-state index in [1.54, 1.807) is 54.9 Å². The van der Waals surface area contributed by atoms with Gasteiger partial charge in [0.15, 0.2) is 0 Å². The van der Waals surface area contributed by atoms with Gasteiger partial charge in [-0.25, -0.2) is 4.98 Å². The molecular formula is C59H77N17O13. The molecule has 3 aliphatic heterocycles. The number of carbonyl (C=O) groups excluding carboxylic acids is 12. The molecule has 3 fully saturated rings. The number of primary amides is 1. The molecule has 2 aromatic carbocycles. The molecule has 0 spiro atoms. The maximum absolute atomic E-state index is 14.7. The summed E-state index contributed by atoms with van der Waals surface area (Å²) in [6.07, 6.45) is 7.28. The van der Waals surface area contributed by atoms with Crippen LogP contribution in [0.2, 0.25) is 0 Å². The molecule has 9 atom stereocenters. The molecule has 30 nitrogen and oxygen atoms in total. The minimum atomic E-state index is -1.76. The van der Waals surface area contributed by atoms with E-state index in [0.29, 0.717) is 64.3 Å². The van der Waals surface area contributed by atoms with Crippen LogP contribution in [0.3, 0.4) is 0 Å². The van der Waals surface area contributed by atoms with Crippen molar-refractivity contribution in [1.82, 2.24) is 78.0 Å². The molecule has 5 aromatic rings. The van der Waals surface area contributed by atoms with Crippen molar-refractivity contribution in [3.8, 4) is 0 Å². The summed E-state index contributed by atoms with van der Waals surface area (Å²) in [5.41, 5.74) is 14.1. The van der Waals surface area contributed by atoms with Crippen molar-refractivity contribution in [2.75, 3.05) is 32.8 Å². The third-order valence-corrected chi connectivity index (χ3v) is 15.9. The average molecular weight is 1230 g/mol. The van der Waals surface area contributed by atoms with Crippen molar-refractivity contribution >= 4 is 92.7 Å². The topological polar surface area (TPSA) is 461 Å². The highest BCUT2D eigenvalue weighted by Gasteiger charge is 2.40. The third-order valence-electron chi connectivity index (χ3n) is 15.9. The molecule has 30 heteroatoms. The van der Waals surface area contributed by atoms with Gasteiger partial charge in [0.05, 0.1) is 25.9 Å². The van der Waals surface area contributed by atoms with E-state index >= 15 is 0 Å². The highest BCUT2D eigenvalue weighted by Crippen LogP contribution is 2.24. The molecule has 0 unspecified atom stereocenters. The van der Waals surface area contributed by atoms with Gasteiger partial charge >= 0.3 is 0 Å². The van der Waals surface area contributed by atoms with Gasteiger partial charge in [-0.15, -0.1) is 0 Å². The molecule has 476 valence electrons. The summed E-state index contributed by atoms with van der Waals surface area (Å²) in [4.78, 5) is 180. The minimum absolute atomic E-state index is 0.0586. The van der Waals surface area contributed by atoms with Gasteiger partial charge in [0, 0.05) is 84.9 Å². The molecule has 3 aromatic heterocycles. The Labute approximate surface area is 510 Å². The Morgan fingerprint density at radius 3 is 2.02 bits per heavy atom. The van der Waals surface area contributed by atoms with Crippen LogP contribution in [0.5, 0.6) is 0 Å². The SMILES string of the molecule is NCCCC[C@H](NC(=O)[C@H](CO)NC(=O)[C@H](Cc1c[nH]c2ccccc12)NC(=O)[C@H](Cc1cnc[nH]1)NC(=O)[C@@H]1CCC(=O)N1)C(=O)N[C@H]1CC(=O)NCCCC[C@@H](C(=O)N2CCC[C@H]2C(=O)NCC(N)=O)NC(=O)[C@H](Cc2c[nH]c3ccccc23)NC1=O. The fourth-order valence-corrected chi connectivity index (χ4v) is 11.2. The van der Waals surface area contributed by atoms with Crippen molar-refractivity contribution < 1.29 is 62.6 Å². The number of nitrogens with zero attached hydrogens (tertiary/aromatic N) is 2. The first-order valence-electron chi connectivity index (χ1n) is 29.8. The van der Waals surface area contributed by atoms with E-state index in [4.69, 9.17) is 11.5 Å². The number of hydrogen-bond donors (Lipinski definition) is 16. The molecule has 0 aliphatic carbocycles. The zero-order valence-electron chi connectivity index (χ0n) is 49.0. The number of para-hydroxylation sites is 2. The fraction of sp³-hybridized carbons (Fsp3) is 0.475. The normalized spacial score (nSPS) is 20.5. The van der Waals surface area contributed by atoms with Crippen molar-refractivity contribution in [2.24, 2.45) is 11.5 Å². The molecule has 18 N–H and O–H groups in total. The van der Waals surface area contributed by atoms with Crippen LogP contribution in [-0.2, 0) is 76.8 Å². The smallest absolute Gasteiger partial charge is 0.245 e. The van der Waals surface area contributed by atoms with Gasteiger partial charge < -0.3 is 89.6 Å². The van der Waals surface area contributed by atoms with E-state index in [9.17, 15) is 62.6 Å². The van der Waals surface area contributed by atoms with Crippen LogP contribution < -0.4 is 64.6 Å². The number of nitrogens with one attached hydrogen (secondary N) is 13. The first kappa shape index (κ1) is 65.3. The van der Waals surface area contributed by atoms with Crippen LogP contribution in [0.15, 0.2) is 73.4 Å². The zero-order chi connectivity index (χ0) is 63.6. The van der Waals surface area contributed by atoms with Gasteiger partial charge in [-0.2, -0.15) is 0 Å². The number of hydrogen-bond acceptors (Lipinski definition) is 15. The van der Waals surface area contributed by atoms with Crippen LogP contribution >= 0.6 is 0 Å². The molecule has 3 aliphatic rings. The highest BCUT2D eigenvalue weighted by molar-refractivity contribution is 6.01. The Balaban J connectivity index is 1.01. The van der Waals surface area contributed by atoms with Gasteiger partial charge in [0.25, 0.3) is 0 Å². The number of unbranched alkanes of at least 4 members (excludes halogenated alkanes) is 1. The molecular weight excluding hydrogens is 1150 g/mol. The number of amides is 12. The van der Waals surface area contributed by atoms with Crippen molar-refractivity contribution in [3.63, 3.8) is 0 Å². The van der Waals surface area contributed by atoms with Crippen LogP contribution in [-0.4, -0.2) is 188 Å². The minimum Gasteiger partial charge on any atom is -0.394 e. The summed E-state index contributed by atoms with van der Waals surface area (Å²) < 4.78 is 0. The standard InChI is InChI=1S/C59H77N17O13/c60-19-7-5-14-39(69-57(87)46(30-77)75-54(84)43(23-33-27-65-38-13-4-2-11-36(33)38)71-55(85)44(24-34-28-62-31-67-34)73-52(82)40-17-18-49(79)68-40)51(81)74-45-25-50(80)63-20-8-6-15-41(59(89)76-21-9-16-47(76)58(88)66-29-48(61)78)70-53(83)42(72-56(45)86)22-32-26-64-37-12-3-1-10-35(32)37/h1-4,10-13,26-28,31,39-47,64-65,77H,5-9,14-25,29-30,60H2,(H2,61,78)(H,62,67)(H,63,80)(H,66,88)(H,68,79)(H,69,87)(H,70,83)(H,71,85)(H,72,86)(H,73,82)(H,74,81)(H,75,84)/t39-,40-,41-,42-,43-,44-,45-,46-,47-/m0/s1. The first-order valence-corrected chi connectivity index (χ1v) is 29.8. The second-order valence-electron chi connectivity index (χ2n) is 22.4. The predicted octanol–water partition coefficient (Wildman–Crippen LogP) is -3.52. The molecule has 0 bridgehead atoms. The number of rotatable bonds is 25. The largest absolute Gasteiger partial charge is 0.394 e. The summed E-state index contributed by atoms with van der Waals surface area (Å²) in [6.45, 7) is -1.04. The number of imidazole rings is 1. The van der Waals surface area contributed by atoms with Gasteiger partial charge in [0.2, 0.25) is 70.9 Å². The molecule has 3 saturated heterocycles. The molecule has 12 amide bonds. The summed E-state index contributed by atoms with van der Waals surface area (Å²) in [5.74, 6) is -9.20. The molecule has 8 rings (SSSR count). The number of H-pyrrole nitrogens is 3. The van der Waals surface area contributed by atoms with Crippen LogP contribution in [0.25, 0.3) is 21.8 Å². The summed E-state index contributed by atoms with van der Waals surface area (Å²) >= 11 is 0. The number of nitrogens with two attached hydrogens (primary N) is 2. The predicted molar refractivity (Wildman–Crippen MR) is 319 cm³/mol. The molecule has 0 saturated carbocycles. The Morgan fingerprint density at radius 2 is 1.35 bits per heavy atom. The maximum atomic E-state index is 14.7. The Kier molecular flexibility index (Phi) is 22.9. The maximum Gasteiger partial charge on any atom is 0.245 e. The number of fused-ring (bicyclic) bond motifs is 2. The fourth-order valence-electron chi connectivity index (χ4n) is 11.2. The number of likely N-dealkylation sites (tertiary alicyclic amines) is 1. The second-order valence-corrected chi connectivity index (χ2v) is 22.4. The Bertz CT molecular complexity index is 3380. The number of aromatic nitrogens is 4. The Morgan fingerprint density at radius 1 is 0.674 bits per heavy atom. The number of aliphatic hydroxyl groups excluding tert-OH is 1. The van der Waals surface area contributed by atoms with E-state index in [1.165, 1.54) is 17.4 Å². The summed E-state index contributed by atoms with van der Waals surface area (Å²) in [7, 11) is 0. The average Bonchev–Trinajstić information content (AvgIpc) is 2.55. The lowest BCUT2D eigenvalue weighted by atomic mass is 10.0. The molecule has 0 radical (unpaired) electrons. The summed E-state index contributed by atoms with van der Waals surface area (Å²) in [5, 5.41) is 38.5. The second kappa shape index (κ2) is 31.3. The van der Waals surface area contributed by atoms with E-state index in [-0.39, 0.29) is 83.3 Å². The third kappa shape index (κ3) is 17.7. The van der Waals surface area contributed by atoms with Crippen LogP contribution in [0, 0.1) is 0 Å².